The van der Waals surface area contributed by atoms with E-state index in [2.05, 4.69) is 18.8 Å². The molecule has 3 aromatic heterocycles. The third-order valence-electron chi connectivity index (χ3n) is 4.69. The topological polar surface area (TPSA) is 94.2 Å². The van der Waals surface area contributed by atoms with Crippen LogP contribution in [0.2, 0.25) is 0 Å². The monoisotopic (exact) mass is 455 g/mol. The molecule has 0 unspecified atom stereocenters. The summed E-state index contributed by atoms with van der Waals surface area (Å²) in [5.41, 5.74) is 1.92. The molecule has 1 aromatic carbocycles. The van der Waals surface area contributed by atoms with Crippen LogP contribution in [0.4, 0.5) is 0 Å². The Hall–Kier alpha value is -3.04. The summed E-state index contributed by atoms with van der Waals surface area (Å²) in [7, 11) is -3.75. The Morgan fingerprint density at radius 3 is 2.55 bits per heavy atom. The number of hydrogen-bond acceptors (Lipinski definition) is 5. The molecule has 0 aliphatic heterocycles. The van der Waals surface area contributed by atoms with Gasteiger partial charge >= 0.3 is 5.97 Å². The maximum Gasteiger partial charge on any atom is 0.323 e. The van der Waals surface area contributed by atoms with E-state index in [-0.39, 0.29) is 11.4 Å². The van der Waals surface area contributed by atoms with Gasteiger partial charge in [0.15, 0.2) is 0 Å². The van der Waals surface area contributed by atoms with E-state index in [1.165, 1.54) is 10.2 Å². The first kappa shape index (κ1) is 21.2. The molecule has 3 heterocycles. The Labute approximate surface area is 184 Å². The van der Waals surface area contributed by atoms with Crippen molar-refractivity contribution in [1.82, 2.24) is 13.5 Å². The van der Waals surface area contributed by atoms with E-state index in [4.69, 9.17) is 0 Å². The largest absolute Gasteiger partial charge is 0.480 e. The molecule has 0 bridgehead atoms. The minimum Gasteiger partial charge on any atom is -0.480 e. The number of rotatable bonds is 7. The average molecular weight is 456 g/mol. The second-order valence-electron chi connectivity index (χ2n) is 7.31. The van der Waals surface area contributed by atoms with Crippen molar-refractivity contribution in [3.63, 3.8) is 0 Å². The molecule has 0 fully saturated rings. The molecule has 31 heavy (non-hydrogen) atoms. The molecular formula is C22H21N3O4S2. The first-order valence-electron chi connectivity index (χ1n) is 9.62. The summed E-state index contributed by atoms with van der Waals surface area (Å²) in [5.74, 6) is -0.978. The molecule has 0 aliphatic carbocycles. The molecule has 4 rings (SSSR count). The normalized spacial score (nSPS) is 12.0. The fourth-order valence-electron chi connectivity index (χ4n) is 3.39. The number of fused-ring (bicyclic) bond motifs is 1. The zero-order chi connectivity index (χ0) is 22.2. The van der Waals surface area contributed by atoms with Crippen LogP contribution in [-0.4, -0.2) is 38.3 Å². The minimum absolute atomic E-state index is 0.206. The maximum absolute atomic E-state index is 13.1. The Kier molecular flexibility index (Phi) is 5.63. The molecule has 0 radical (unpaired) electrons. The van der Waals surface area contributed by atoms with Gasteiger partial charge in [-0.3, -0.25) is 4.79 Å². The predicted octanol–water partition coefficient (Wildman–Crippen LogP) is 4.33. The number of aliphatic carboxylic acids is 1. The van der Waals surface area contributed by atoms with Crippen molar-refractivity contribution in [1.29, 1.82) is 0 Å². The van der Waals surface area contributed by atoms with Gasteiger partial charge in [0.05, 0.1) is 4.90 Å². The smallest absolute Gasteiger partial charge is 0.323 e. The standard InChI is InChI=1S/C22H21N3O4S2/c1-15(2)30-17-5-7-18(8-6-17)31(28,29)25-11-9-16(12-25)20-13-24(14-21(26)27)22-19(20)4-3-10-23-22/h3-13,15H,14H2,1-2H3,(H,26,27). The van der Waals surface area contributed by atoms with Gasteiger partial charge in [0.2, 0.25) is 0 Å². The van der Waals surface area contributed by atoms with Gasteiger partial charge in [-0.25, -0.2) is 17.4 Å². The summed E-state index contributed by atoms with van der Waals surface area (Å²) in [6.07, 6.45) is 6.33. The SMILES string of the molecule is CC(C)Sc1ccc(S(=O)(=O)n2ccc(-c3cn(CC(=O)O)c4ncccc34)c2)cc1. The fraction of sp³-hybridized carbons (Fsp3) is 0.182. The second-order valence-corrected chi connectivity index (χ2v) is 10.8. The summed E-state index contributed by atoms with van der Waals surface area (Å²) in [5, 5.41) is 10.3. The van der Waals surface area contributed by atoms with Crippen molar-refractivity contribution in [2.24, 2.45) is 0 Å². The van der Waals surface area contributed by atoms with Crippen LogP contribution in [0, 0.1) is 0 Å². The van der Waals surface area contributed by atoms with Gasteiger partial charge in [0.1, 0.15) is 12.2 Å². The quantitative estimate of drug-likeness (QED) is 0.417. The molecule has 0 atom stereocenters. The lowest BCUT2D eigenvalue weighted by molar-refractivity contribution is -0.137. The number of benzene rings is 1. The first-order valence-corrected chi connectivity index (χ1v) is 11.9. The van der Waals surface area contributed by atoms with Crippen LogP contribution in [0.3, 0.4) is 0 Å². The number of hydrogen-bond donors (Lipinski definition) is 1. The number of aromatic nitrogens is 3. The number of carboxylic acid groups (broad SMARTS) is 1. The van der Waals surface area contributed by atoms with E-state index >= 15 is 0 Å². The van der Waals surface area contributed by atoms with Crippen LogP contribution in [0.1, 0.15) is 13.8 Å². The average Bonchev–Trinajstić information content (AvgIpc) is 3.34. The predicted molar refractivity (Wildman–Crippen MR) is 121 cm³/mol. The molecule has 1 N–H and O–H groups in total. The molecule has 4 aromatic rings. The van der Waals surface area contributed by atoms with Crippen LogP contribution >= 0.6 is 11.8 Å². The van der Waals surface area contributed by atoms with Gasteiger partial charge in [-0.2, -0.15) is 0 Å². The highest BCUT2D eigenvalue weighted by atomic mass is 32.2. The molecule has 7 nitrogen and oxygen atoms in total. The Morgan fingerprint density at radius 1 is 1.13 bits per heavy atom. The van der Waals surface area contributed by atoms with Crippen molar-refractivity contribution >= 4 is 38.8 Å². The van der Waals surface area contributed by atoms with Gasteiger partial charge in [0, 0.05) is 51.4 Å². The van der Waals surface area contributed by atoms with Crippen LogP contribution in [-0.2, 0) is 21.4 Å². The molecule has 0 saturated carbocycles. The van der Waals surface area contributed by atoms with Gasteiger partial charge in [-0.05, 0) is 42.5 Å². The van der Waals surface area contributed by atoms with Crippen LogP contribution in [0.15, 0.2) is 77.0 Å². The van der Waals surface area contributed by atoms with Gasteiger partial charge in [-0.15, -0.1) is 11.8 Å². The summed E-state index contributed by atoms with van der Waals surface area (Å²) in [6, 6.07) is 12.2. The van der Waals surface area contributed by atoms with Crippen molar-refractivity contribution < 1.29 is 18.3 Å². The van der Waals surface area contributed by atoms with E-state index in [0.717, 1.165) is 15.8 Å². The molecular weight excluding hydrogens is 434 g/mol. The van der Waals surface area contributed by atoms with E-state index in [9.17, 15) is 18.3 Å². The van der Waals surface area contributed by atoms with Gasteiger partial charge in [0.25, 0.3) is 10.0 Å². The highest BCUT2D eigenvalue weighted by Crippen LogP contribution is 2.31. The van der Waals surface area contributed by atoms with Crippen LogP contribution in [0.5, 0.6) is 0 Å². The van der Waals surface area contributed by atoms with E-state index in [0.29, 0.717) is 16.5 Å². The summed E-state index contributed by atoms with van der Waals surface area (Å²) in [6.45, 7) is 3.94. The number of carbonyl (C=O) groups is 1. The van der Waals surface area contributed by atoms with Gasteiger partial charge in [-0.1, -0.05) is 13.8 Å². The lowest BCUT2D eigenvalue weighted by atomic mass is 10.1. The third kappa shape index (κ3) is 4.24. The van der Waals surface area contributed by atoms with Crippen molar-refractivity contribution in [3.05, 3.63) is 67.3 Å². The maximum atomic E-state index is 13.1. The Morgan fingerprint density at radius 2 is 1.87 bits per heavy atom. The van der Waals surface area contributed by atoms with E-state index < -0.39 is 16.0 Å². The molecule has 0 saturated heterocycles. The Bertz CT molecular complexity index is 1350. The first-order chi connectivity index (χ1) is 14.8. The molecule has 9 heteroatoms. The fourth-order valence-corrected chi connectivity index (χ4v) is 5.42. The zero-order valence-corrected chi connectivity index (χ0v) is 18.6. The molecule has 0 aliphatic rings. The molecule has 160 valence electrons. The van der Waals surface area contributed by atoms with E-state index in [1.807, 2.05) is 18.2 Å². The van der Waals surface area contributed by atoms with Crippen molar-refractivity contribution in [2.45, 2.75) is 35.4 Å². The molecule has 0 spiro atoms. The summed E-state index contributed by atoms with van der Waals surface area (Å²) in [4.78, 5) is 16.7. The second kappa shape index (κ2) is 8.24. The summed E-state index contributed by atoms with van der Waals surface area (Å²) < 4.78 is 28.9. The van der Waals surface area contributed by atoms with Crippen LogP contribution < -0.4 is 0 Å². The number of nitrogens with zero attached hydrogens (tertiary/aromatic N) is 3. The number of carboxylic acids is 1. The van der Waals surface area contributed by atoms with Gasteiger partial charge < -0.3 is 9.67 Å². The third-order valence-corrected chi connectivity index (χ3v) is 7.35. The lowest BCUT2D eigenvalue weighted by Crippen LogP contribution is -2.10. The Balaban J connectivity index is 1.70. The van der Waals surface area contributed by atoms with Crippen molar-refractivity contribution in [3.8, 4) is 11.1 Å². The van der Waals surface area contributed by atoms with E-state index in [1.54, 1.807) is 59.2 Å². The number of thioether (sulfide) groups is 1. The number of pyridine rings is 1. The summed E-state index contributed by atoms with van der Waals surface area (Å²) >= 11 is 1.67. The highest BCUT2D eigenvalue weighted by molar-refractivity contribution is 7.99. The minimum atomic E-state index is -3.75. The lowest BCUT2D eigenvalue weighted by Gasteiger charge is -2.08. The van der Waals surface area contributed by atoms with Crippen molar-refractivity contribution in [2.75, 3.05) is 0 Å². The van der Waals surface area contributed by atoms with Crippen LogP contribution in [0.25, 0.3) is 22.2 Å². The highest BCUT2D eigenvalue weighted by Gasteiger charge is 2.19. The molecule has 0 amide bonds. The zero-order valence-electron chi connectivity index (χ0n) is 17.0.